The molecule has 1 rings (SSSR count). The zero-order valence-electron chi connectivity index (χ0n) is 13.1. The maximum absolute atomic E-state index is 10.8. The Morgan fingerprint density at radius 1 is 1.24 bits per heavy atom. The zero-order chi connectivity index (χ0) is 16.0. The van der Waals surface area contributed by atoms with E-state index in [4.69, 9.17) is 5.11 Å². The van der Waals surface area contributed by atoms with Gasteiger partial charge in [0.15, 0.2) is 0 Å². The molecule has 0 unspecified atom stereocenters. The van der Waals surface area contributed by atoms with Gasteiger partial charge in [0, 0.05) is 29.3 Å². The molecule has 116 valence electrons. The molecular formula is C17H24BrNO2. The summed E-state index contributed by atoms with van der Waals surface area (Å²) in [7, 11) is 0. The van der Waals surface area contributed by atoms with Crippen molar-refractivity contribution in [1.82, 2.24) is 0 Å². The topological polar surface area (TPSA) is 40.5 Å². The number of benzene rings is 1. The Balaban J connectivity index is 3.19. The third-order valence-electron chi connectivity index (χ3n) is 2.91. The molecule has 0 saturated carbocycles. The van der Waals surface area contributed by atoms with E-state index in [1.807, 2.05) is 12.1 Å². The largest absolute Gasteiger partial charge is 0.478 e. The Labute approximate surface area is 135 Å². The second-order valence-corrected chi connectivity index (χ2v) is 6.98. The summed E-state index contributed by atoms with van der Waals surface area (Å²) in [5, 5.41) is 8.85. The first kappa shape index (κ1) is 17.8. The first-order valence-corrected chi connectivity index (χ1v) is 8.04. The van der Waals surface area contributed by atoms with Gasteiger partial charge >= 0.3 is 5.97 Å². The Kier molecular flexibility index (Phi) is 6.96. The highest BCUT2D eigenvalue weighted by atomic mass is 79.9. The van der Waals surface area contributed by atoms with Crippen LogP contribution in [0.5, 0.6) is 0 Å². The number of rotatable bonds is 7. The van der Waals surface area contributed by atoms with Crippen molar-refractivity contribution < 1.29 is 9.90 Å². The standard InChI is InChI=1S/C17H24BrNO2/c1-12(2)10-19(11-13(3)4)16-7-6-15(18)9-14(16)5-8-17(20)21/h5-9,12-13H,10-11H2,1-4H3,(H,20,21)/b8-5+. The van der Waals surface area contributed by atoms with Crippen LogP contribution in [0.2, 0.25) is 0 Å². The van der Waals surface area contributed by atoms with Crippen LogP contribution in [0.15, 0.2) is 28.7 Å². The summed E-state index contributed by atoms with van der Waals surface area (Å²) in [6.45, 7) is 10.7. The van der Waals surface area contributed by atoms with E-state index in [1.165, 1.54) is 6.08 Å². The van der Waals surface area contributed by atoms with E-state index in [-0.39, 0.29) is 0 Å². The lowest BCUT2D eigenvalue weighted by Crippen LogP contribution is -2.31. The maximum atomic E-state index is 10.8. The monoisotopic (exact) mass is 353 g/mol. The fourth-order valence-corrected chi connectivity index (χ4v) is 2.64. The molecule has 0 spiro atoms. The molecule has 4 heteroatoms. The van der Waals surface area contributed by atoms with Gasteiger partial charge in [-0.15, -0.1) is 0 Å². The fourth-order valence-electron chi connectivity index (χ4n) is 2.26. The highest BCUT2D eigenvalue weighted by Gasteiger charge is 2.13. The van der Waals surface area contributed by atoms with Crippen LogP contribution < -0.4 is 4.90 Å². The molecule has 0 aliphatic carbocycles. The normalized spacial score (nSPS) is 11.6. The SMILES string of the molecule is CC(C)CN(CC(C)C)c1ccc(Br)cc1/C=C/C(=O)O. The smallest absolute Gasteiger partial charge is 0.328 e. The molecule has 0 aliphatic rings. The lowest BCUT2D eigenvalue weighted by atomic mass is 10.1. The van der Waals surface area contributed by atoms with Gasteiger partial charge in [0.2, 0.25) is 0 Å². The maximum Gasteiger partial charge on any atom is 0.328 e. The number of carboxylic acid groups (broad SMARTS) is 1. The summed E-state index contributed by atoms with van der Waals surface area (Å²) in [5.41, 5.74) is 2.01. The molecule has 0 aromatic heterocycles. The van der Waals surface area contributed by atoms with Crippen molar-refractivity contribution in [1.29, 1.82) is 0 Å². The summed E-state index contributed by atoms with van der Waals surface area (Å²) >= 11 is 3.45. The first-order chi connectivity index (χ1) is 9.79. The van der Waals surface area contributed by atoms with Crippen LogP contribution in [-0.4, -0.2) is 24.2 Å². The highest BCUT2D eigenvalue weighted by molar-refractivity contribution is 9.10. The van der Waals surface area contributed by atoms with Crippen LogP contribution in [0.4, 0.5) is 5.69 Å². The predicted molar refractivity (Wildman–Crippen MR) is 92.7 cm³/mol. The molecular weight excluding hydrogens is 330 g/mol. The predicted octanol–water partition coefficient (Wildman–Crippen LogP) is 4.67. The van der Waals surface area contributed by atoms with Crippen LogP contribution in [0.3, 0.4) is 0 Å². The summed E-state index contributed by atoms with van der Waals surface area (Å²) < 4.78 is 0.949. The molecule has 0 amide bonds. The minimum Gasteiger partial charge on any atom is -0.478 e. The molecule has 0 atom stereocenters. The summed E-state index contributed by atoms with van der Waals surface area (Å²) in [4.78, 5) is 13.1. The van der Waals surface area contributed by atoms with Gasteiger partial charge in [-0.1, -0.05) is 43.6 Å². The van der Waals surface area contributed by atoms with Crippen molar-refractivity contribution in [3.8, 4) is 0 Å². The van der Waals surface area contributed by atoms with E-state index in [0.717, 1.165) is 28.8 Å². The van der Waals surface area contributed by atoms with Crippen molar-refractivity contribution in [2.75, 3.05) is 18.0 Å². The van der Waals surface area contributed by atoms with E-state index in [1.54, 1.807) is 6.08 Å². The van der Waals surface area contributed by atoms with E-state index in [0.29, 0.717) is 11.8 Å². The van der Waals surface area contributed by atoms with Gasteiger partial charge in [-0.25, -0.2) is 4.79 Å². The fraction of sp³-hybridized carbons (Fsp3) is 0.471. The van der Waals surface area contributed by atoms with Gasteiger partial charge in [0.25, 0.3) is 0 Å². The Hall–Kier alpha value is -1.29. The van der Waals surface area contributed by atoms with Crippen LogP contribution in [0, 0.1) is 11.8 Å². The molecule has 1 aromatic rings. The van der Waals surface area contributed by atoms with E-state index >= 15 is 0 Å². The van der Waals surface area contributed by atoms with Crippen LogP contribution in [0.1, 0.15) is 33.3 Å². The molecule has 1 aromatic carbocycles. The minimum absolute atomic E-state index is 0.545. The number of hydrogen-bond acceptors (Lipinski definition) is 2. The Morgan fingerprint density at radius 2 is 1.81 bits per heavy atom. The lowest BCUT2D eigenvalue weighted by Gasteiger charge is -2.30. The van der Waals surface area contributed by atoms with E-state index in [2.05, 4.69) is 54.6 Å². The zero-order valence-corrected chi connectivity index (χ0v) is 14.7. The number of aliphatic carboxylic acids is 1. The van der Waals surface area contributed by atoms with Gasteiger partial charge < -0.3 is 10.0 Å². The highest BCUT2D eigenvalue weighted by Crippen LogP contribution is 2.27. The summed E-state index contributed by atoms with van der Waals surface area (Å²) in [5.74, 6) is 0.160. The number of halogens is 1. The summed E-state index contributed by atoms with van der Waals surface area (Å²) in [6, 6.07) is 6.01. The molecule has 21 heavy (non-hydrogen) atoms. The van der Waals surface area contributed by atoms with E-state index in [9.17, 15) is 4.79 Å². The second-order valence-electron chi connectivity index (χ2n) is 6.07. The number of hydrogen-bond donors (Lipinski definition) is 1. The number of carboxylic acids is 1. The molecule has 0 fully saturated rings. The lowest BCUT2D eigenvalue weighted by molar-refractivity contribution is -0.131. The Bertz CT molecular complexity index is 500. The quantitative estimate of drug-likeness (QED) is 0.724. The van der Waals surface area contributed by atoms with Crippen molar-refractivity contribution in [2.24, 2.45) is 11.8 Å². The molecule has 0 radical (unpaired) electrons. The third-order valence-corrected chi connectivity index (χ3v) is 3.40. The molecule has 0 bridgehead atoms. The molecule has 0 aliphatic heterocycles. The van der Waals surface area contributed by atoms with Gasteiger partial charge in [-0.05, 0) is 41.7 Å². The van der Waals surface area contributed by atoms with Crippen LogP contribution in [0.25, 0.3) is 6.08 Å². The third kappa shape index (κ3) is 6.34. The van der Waals surface area contributed by atoms with Crippen molar-refractivity contribution >= 4 is 33.7 Å². The average Bonchev–Trinajstić information content (AvgIpc) is 2.34. The average molecular weight is 354 g/mol. The van der Waals surface area contributed by atoms with Crippen LogP contribution in [-0.2, 0) is 4.79 Å². The second kappa shape index (κ2) is 8.23. The minimum atomic E-state index is -0.930. The Morgan fingerprint density at radius 3 is 2.29 bits per heavy atom. The van der Waals surface area contributed by atoms with Gasteiger partial charge in [-0.2, -0.15) is 0 Å². The molecule has 3 nitrogen and oxygen atoms in total. The first-order valence-electron chi connectivity index (χ1n) is 7.25. The van der Waals surface area contributed by atoms with E-state index < -0.39 is 5.97 Å². The number of anilines is 1. The van der Waals surface area contributed by atoms with Gasteiger partial charge in [0.05, 0.1) is 0 Å². The number of carbonyl (C=O) groups is 1. The molecule has 1 N–H and O–H groups in total. The van der Waals surface area contributed by atoms with Crippen LogP contribution >= 0.6 is 15.9 Å². The van der Waals surface area contributed by atoms with Crippen molar-refractivity contribution in [3.05, 3.63) is 34.3 Å². The summed E-state index contributed by atoms with van der Waals surface area (Å²) in [6.07, 6.45) is 2.85. The van der Waals surface area contributed by atoms with Crippen molar-refractivity contribution in [2.45, 2.75) is 27.7 Å². The van der Waals surface area contributed by atoms with Crippen molar-refractivity contribution in [3.63, 3.8) is 0 Å². The molecule has 0 saturated heterocycles. The van der Waals surface area contributed by atoms with Gasteiger partial charge in [-0.3, -0.25) is 0 Å². The number of nitrogens with zero attached hydrogens (tertiary/aromatic N) is 1. The van der Waals surface area contributed by atoms with Gasteiger partial charge in [0.1, 0.15) is 0 Å². The molecule has 0 heterocycles.